The molecule has 42 valence electrons. The van der Waals surface area contributed by atoms with Crippen molar-refractivity contribution < 1.29 is 4.79 Å². The molecule has 0 N–H and O–H groups in total. The SMILES string of the molecule is CC(=O)C(C)(C)Cl. The molecule has 0 heterocycles. The molecule has 1 nitrogen and oxygen atoms in total. The summed E-state index contributed by atoms with van der Waals surface area (Å²) >= 11 is 5.52. The first-order valence-corrected chi connectivity index (χ1v) is 2.52. The fraction of sp³-hybridized carbons (Fsp3) is 0.800. The molecular weight excluding hydrogens is 112 g/mol. The maximum Gasteiger partial charge on any atom is 0.150 e. The second kappa shape index (κ2) is 1.83. The highest BCUT2D eigenvalue weighted by Crippen LogP contribution is 2.12. The van der Waals surface area contributed by atoms with Gasteiger partial charge in [0.2, 0.25) is 0 Å². The second-order valence-electron chi connectivity index (χ2n) is 2.03. The average Bonchev–Trinajstić information content (AvgIpc) is 1.31. The summed E-state index contributed by atoms with van der Waals surface area (Å²) in [4.78, 5) is 9.67. The van der Waals surface area contributed by atoms with Gasteiger partial charge in [-0.2, -0.15) is 0 Å². The van der Waals surface area contributed by atoms with Gasteiger partial charge in [-0.05, 0) is 20.8 Å². The van der Waals surface area contributed by atoms with Crippen LogP contribution in [0.3, 0.4) is 0 Å². The summed E-state index contributed by atoms with van der Waals surface area (Å²) in [6.45, 7) is 4.83. The van der Waals surface area contributed by atoms with Crippen molar-refractivity contribution in [2.45, 2.75) is 25.6 Å². The molecule has 0 saturated carbocycles. The van der Waals surface area contributed by atoms with E-state index in [-0.39, 0.29) is 5.78 Å². The molecule has 0 bridgehead atoms. The van der Waals surface area contributed by atoms with Crippen LogP contribution in [0.4, 0.5) is 0 Å². The van der Waals surface area contributed by atoms with Gasteiger partial charge in [-0.25, -0.2) is 0 Å². The Hall–Kier alpha value is -0.0400. The van der Waals surface area contributed by atoms with Crippen molar-refractivity contribution in [1.82, 2.24) is 0 Å². The van der Waals surface area contributed by atoms with Gasteiger partial charge in [0.1, 0.15) is 5.78 Å². The van der Waals surface area contributed by atoms with Gasteiger partial charge >= 0.3 is 0 Å². The maximum absolute atomic E-state index is 10.3. The van der Waals surface area contributed by atoms with E-state index in [1.54, 1.807) is 13.8 Å². The molecule has 2 heteroatoms. The van der Waals surface area contributed by atoms with E-state index in [0.717, 1.165) is 0 Å². The fourth-order valence-electron chi connectivity index (χ4n) is 0. The number of carbonyl (C=O) groups is 1. The molecule has 0 atom stereocenters. The van der Waals surface area contributed by atoms with Crippen molar-refractivity contribution in [2.75, 3.05) is 0 Å². The van der Waals surface area contributed by atoms with Gasteiger partial charge in [0, 0.05) is 0 Å². The summed E-state index contributed by atoms with van der Waals surface area (Å²) in [6, 6.07) is 0. The molecular formula is C5H9ClO. The van der Waals surface area contributed by atoms with Crippen LogP contribution in [-0.4, -0.2) is 10.7 Å². The highest BCUT2D eigenvalue weighted by atomic mass is 35.5. The van der Waals surface area contributed by atoms with Crippen molar-refractivity contribution in [3.05, 3.63) is 0 Å². The van der Waals surface area contributed by atoms with Crippen molar-refractivity contribution in [3.63, 3.8) is 0 Å². The molecule has 0 spiro atoms. The molecule has 0 aliphatic rings. The van der Waals surface area contributed by atoms with Crippen LogP contribution < -0.4 is 0 Å². The molecule has 0 aliphatic heterocycles. The van der Waals surface area contributed by atoms with Gasteiger partial charge in [0.25, 0.3) is 0 Å². The van der Waals surface area contributed by atoms with E-state index in [1.807, 2.05) is 0 Å². The van der Waals surface area contributed by atoms with Crippen LogP contribution in [-0.2, 0) is 4.79 Å². The number of carbonyl (C=O) groups excluding carboxylic acids is 1. The van der Waals surface area contributed by atoms with E-state index < -0.39 is 4.87 Å². The third kappa shape index (κ3) is 2.63. The highest BCUT2D eigenvalue weighted by molar-refractivity contribution is 6.34. The number of Topliss-reactive ketones (excluding diaryl/α,β-unsaturated/α-hetero) is 1. The first-order valence-electron chi connectivity index (χ1n) is 2.14. The van der Waals surface area contributed by atoms with E-state index in [9.17, 15) is 4.79 Å². The Bertz CT molecular complexity index is 80.6. The zero-order valence-corrected chi connectivity index (χ0v) is 5.54. The van der Waals surface area contributed by atoms with Crippen molar-refractivity contribution in [3.8, 4) is 0 Å². The average molecular weight is 121 g/mol. The normalized spacial score (nSPS) is 11.4. The van der Waals surface area contributed by atoms with Crippen LogP contribution in [0.25, 0.3) is 0 Å². The number of hydrogen-bond acceptors (Lipinski definition) is 1. The highest BCUT2D eigenvalue weighted by Gasteiger charge is 2.18. The Kier molecular flexibility index (Phi) is 1.82. The predicted octanol–water partition coefficient (Wildman–Crippen LogP) is 1.59. The Labute approximate surface area is 48.7 Å². The summed E-state index contributed by atoms with van der Waals surface area (Å²) in [5.41, 5.74) is 0. The molecule has 0 rings (SSSR count). The number of halogens is 1. The summed E-state index contributed by atoms with van der Waals surface area (Å²) in [5.74, 6) is 0.00849. The first-order chi connectivity index (χ1) is 2.94. The molecule has 0 aromatic carbocycles. The lowest BCUT2D eigenvalue weighted by molar-refractivity contribution is -0.118. The zero-order chi connectivity index (χ0) is 6.08. The van der Waals surface area contributed by atoms with E-state index in [1.165, 1.54) is 6.92 Å². The summed E-state index contributed by atoms with van der Waals surface area (Å²) in [7, 11) is 0. The first kappa shape index (κ1) is 6.96. The Morgan fingerprint density at radius 2 is 1.71 bits per heavy atom. The van der Waals surface area contributed by atoms with E-state index >= 15 is 0 Å². The van der Waals surface area contributed by atoms with Crippen LogP contribution in [0, 0.1) is 0 Å². The standard InChI is InChI=1S/C5H9ClO/c1-4(7)5(2,3)6/h1-3H3. The lowest BCUT2D eigenvalue weighted by Gasteiger charge is -2.08. The molecule has 0 saturated heterocycles. The lowest BCUT2D eigenvalue weighted by Crippen LogP contribution is -2.20. The smallest absolute Gasteiger partial charge is 0.150 e. The summed E-state index contributed by atoms with van der Waals surface area (Å²) in [5, 5.41) is 0. The number of ketones is 1. The van der Waals surface area contributed by atoms with Crippen LogP contribution in [0.15, 0.2) is 0 Å². The molecule has 0 amide bonds. The molecule has 7 heavy (non-hydrogen) atoms. The monoisotopic (exact) mass is 120 g/mol. The Morgan fingerprint density at radius 3 is 1.71 bits per heavy atom. The van der Waals surface area contributed by atoms with Gasteiger partial charge < -0.3 is 0 Å². The Balaban J connectivity index is 3.79. The van der Waals surface area contributed by atoms with Crippen LogP contribution >= 0.6 is 11.6 Å². The van der Waals surface area contributed by atoms with Gasteiger partial charge in [-0.3, -0.25) is 4.79 Å². The van der Waals surface area contributed by atoms with Gasteiger partial charge in [0.05, 0.1) is 4.87 Å². The Morgan fingerprint density at radius 1 is 1.57 bits per heavy atom. The van der Waals surface area contributed by atoms with Crippen LogP contribution in [0.2, 0.25) is 0 Å². The minimum Gasteiger partial charge on any atom is -0.298 e. The summed E-state index contributed by atoms with van der Waals surface area (Å²) in [6.07, 6.45) is 0. The number of rotatable bonds is 1. The zero-order valence-electron chi connectivity index (χ0n) is 4.79. The topological polar surface area (TPSA) is 17.1 Å². The van der Waals surface area contributed by atoms with E-state index in [4.69, 9.17) is 11.6 Å². The molecule has 0 aromatic rings. The minimum absolute atomic E-state index is 0.00849. The largest absolute Gasteiger partial charge is 0.298 e. The van der Waals surface area contributed by atoms with Crippen molar-refractivity contribution >= 4 is 17.4 Å². The fourth-order valence-corrected chi connectivity index (χ4v) is 0. The second-order valence-corrected chi connectivity index (χ2v) is 2.97. The van der Waals surface area contributed by atoms with Crippen molar-refractivity contribution in [1.29, 1.82) is 0 Å². The van der Waals surface area contributed by atoms with E-state index in [2.05, 4.69) is 0 Å². The predicted molar refractivity (Wildman–Crippen MR) is 30.6 cm³/mol. The van der Waals surface area contributed by atoms with Crippen molar-refractivity contribution in [2.24, 2.45) is 0 Å². The molecule has 0 fully saturated rings. The van der Waals surface area contributed by atoms with Crippen LogP contribution in [0.5, 0.6) is 0 Å². The molecule has 0 radical (unpaired) electrons. The minimum atomic E-state index is -0.667. The third-order valence-corrected chi connectivity index (χ3v) is 1.10. The number of hydrogen-bond donors (Lipinski definition) is 0. The maximum atomic E-state index is 10.3. The summed E-state index contributed by atoms with van der Waals surface area (Å²) < 4.78 is 0. The van der Waals surface area contributed by atoms with Gasteiger partial charge in [-0.1, -0.05) is 0 Å². The third-order valence-electron chi connectivity index (χ3n) is 0.837. The molecule has 0 aromatic heterocycles. The molecule has 0 unspecified atom stereocenters. The molecule has 0 aliphatic carbocycles. The van der Waals surface area contributed by atoms with Gasteiger partial charge in [0.15, 0.2) is 0 Å². The van der Waals surface area contributed by atoms with Gasteiger partial charge in [-0.15, -0.1) is 11.6 Å². The van der Waals surface area contributed by atoms with Crippen LogP contribution in [0.1, 0.15) is 20.8 Å². The quantitative estimate of drug-likeness (QED) is 0.481. The van der Waals surface area contributed by atoms with E-state index in [0.29, 0.717) is 0 Å². The number of alkyl halides is 1. The lowest BCUT2D eigenvalue weighted by atomic mass is 10.1.